The smallest absolute Gasteiger partial charge is 0.227 e. The summed E-state index contributed by atoms with van der Waals surface area (Å²) < 4.78 is 5.18. The van der Waals surface area contributed by atoms with Gasteiger partial charge in [-0.1, -0.05) is 6.07 Å². The molecule has 1 aliphatic heterocycles. The van der Waals surface area contributed by atoms with Gasteiger partial charge in [-0.15, -0.1) is 0 Å². The molecule has 1 saturated heterocycles. The van der Waals surface area contributed by atoms with E-state index < -0.39 is 0 Å². The lowest BCUT2D eigenvalue weighted by molar-refractivity contribution is -0.125. The number of hydrogen-bond acceptors (Lipinski definition) is 4. The van der Waals surface area contributed by atoms with Gasteiger partial charge in [-0.25, -0.2) is 0 Å². The maximum Gasteiger partial charge on any atom is 0.227 e. The van der Waals surface area contributed by atoms with E-state index in [-0.39, 0.29) is 23.9 Å². The SMILES string of the molecule is CC(NC(=O)C1COCC1N)c1cccnc1. The van der Waals surface area contributed by atoms with Crippen molar-refractivity contribution in [3.63, 3.8) is 0 Å². The summed E-state index contributed by atoms with van der Waals surface area (Å²) in [6.45, 7) is 2.79. The molecule has 1 aliphatic rings. The van der Waals surface area contributed by atoms with E-state index in [1.807, 2.05) is 19.1 Å². The molecule has 3 atom stereocenters. The van der Waals surface area contributed by atoms with Crippen LogP contribution < -0.4 is 11.1 Å². The van der Waals surface area contributed by atoms with Crippen LogP contribution in [0.3, 0.4) is 0 Å². The fraction of sp³-hybridized carbons (Fsp3) is 0.500. The highest BCUT2D eigenvalue weighted by atomic mass is 16.5. The minimum Gasteiger partial charge on any atom is -0.379 e. The molecule has 2 heterocycles. The first kappa shape index (κ1) is 12.0. The Labute approximate surface area is 100 Å². The second-order valence-electron chi connectivity index (χ2n) is 4.32. The molecule has 17 heavy (non-hydrogen) atoms. The van der Waals surface area contributed by atoms with Gasteiger partial charge in [0.1, 0.15) is 0 Å². The zero-order chi connectivity index (χ0) is 12.3. The van der Waals surface area contributed by atoms with Gasteiger partial charge < -0.3 is 15.8 Å². The maximum absolute atomic E-state index is 11.9. The molecule has 1 amide bonds. The molecule has 0 radical (unpaired) electrons. The standard InChI is InChI=1S/C12H17N3O2/c1-8(9-3-2-4-14-5-9)15-12(16)10-6-17-7-11(10)13/h2-5,8,10-11H,6-7,13H2,1H3,(H,15,16). The second-order valence-corrected chi connectivity index (χ2v) is 4.32. The third kappa shape index (κ3) is 2.81. The van der Waals surface area contributed by atoms with E-state index >= 15 is 0 Å². The summed E-state index contributed by atoms with van der Waals surface area (Å²) in [5.41, 5.74) is 6.78. The minimum absolute atomic E-state index is 0.0497. The van der Waals surface area contributed by atoms with Crippen LogP contribution in [0.2, 0.25) is 0 Å². The molecular weight excluding hydrogens is 218 g/mol. The van der Waals surface area contributed by atoms with Crippen LogP contribution in [0.15, 0.2) is 24.5 Å². The third-order valence-electron chi connectivity index (χ3n) is 3.00. The molecule has 3 unspecified atom stereocenters. The number of nitrogens with zero attached hydrogens (tertiary/aromatic N) is 1. The molecule has 92 valence electrons. The number of nitrogens with one attached hydrogen (secondary N) is 1. The molecule has 1 aromatic heterocycles. The van der Waals surface area contributed by atoms with E-state index in [4.69, 9.17) is 10.5 Å². The Kier molecular flexibility index (Phi) is 3.71. The van der Waals surface area contributed by atoms with Crippen LogP contribution in [-0.2, 0) is 9.53 Å². The lowest BCUT2D eigenvalue weighted by atomic mass is 10.0. The molecule has 5 heteroatoms. The van der Waals surface area contributed by atoms with Crippen LogP contribution >= 0.6 is 0 Å². The average molecular weight is 235 g/mol. The molecule has 0 spiro atoms. The summed E-state index contributed by atoms with van der Waals surface area (Å²) in [6, 6.07) is 3.52. The number of nitrogens with two attached hydrogens (primary N) is 1. The van der Waals surface area contributed by atoms with Gasteiger partial charge in [0.15, 0.2) is 0 Å². The first-order valence-corrected chi connectivity index (χ1v) is 5.72. The normalized spacial score (nSPS) is 25.5. The number of aromatic nitrogens is 1. The molecule has 1 fully saturated rings. The Bertz CT molecular complexity index is 383. The Morgan fingerprint density at radius 1 is 1.65 bits per heavy atom. The lowest BCUT2D eigenvalue weighted by Gasteiger charge is -2.18. The van der Waals surface area contributed by atoms with Crippen molar-refractivity contribution in [1.82, 2.24) is 10.3 Å². The number of rotatable bonds is 3. The number of carbonyl (C=O) groups is 1. The molecule has 3 N–H and O–H groups in total. The van der Waals surface area contributed by atoms with Crippen LogP contribution in [0.4, 0.5) is 0 Å². The highest BCUT2D eigenvalue weighted by molar-refractivity contribution is 5.80. The van der Waals surface area contributed by atoms with Gasteiger partial charge in [0.05, 0.1) is 25.2 Å². The first-order valence-electron chi connectivity index (χ1n) is 5.72. The Hall–Kier alpha value is -1.46. The molecule has 0 bridgehead atoms. The van der Waals surface area contributed by atoms with E-state index in [1.54, 1.807) is 12.4 Å². The average Bonchev–Trinajstić information content (AvgIpc) is 2.76. The van der Waals surface area contributed by atoms with E-state index in [0.717, 1.165) is 5.56 Å². The largest absolute Gasteiger partial charge is 0.379 e. The number of amides is 1. The summed E-state index contributed by atoms with van der Waals surface area (Å²) in [5, 5.41) is 2.93. The molecule has 0 aromatic carbocycles. The third-order valence-corrected chi connectivity index (χ3v) is 3.00. The fourth-order valence-electron chi connectivity index (χ4n) is 1.88. The minimum atomic E-state index is -0.242. The Morgan fingerprint density at radius 2 is 2.47 bits per heavy atom. The van der Waals surface area contributed by atoms with Crippen molar-refractivity contribution in [2.24, 2.45) is 11.7 Å². The van der Waals surface area contributed by atoms with Gasteiger partial charge in [0, 0.05) is 18.4 Å². The van der Waals surface area contributed by atoms with Gasteiger partial charge >= 0.3 is 0 Å². The lowest BCUT2D eigenvalue weighted by Crippen LogP contribution is -2.41. The van der Waals surface area contributed by atoms with Gasteiger partial charge in [-0.05, 0) is 18.6 Å². The number of pyridine rings is 1. The summed E-state index contributed by atoms with van der Waals surface area (Å²) in [5.74, 6) is -0.291. The second kappa shape index (κ2) is 5.25. The summed E-state index contributed by atoms with van der Waals surface area (Å²) in [6.07, 6.45) is 3.45. The fourth-order valence-corrected chi connectivity index (χ4v) is 1.88. The predicted molar refractivity (Wildman–Crippen MR) is 63.1 cm³/mol. The quantitative estimate of drug-likeness (QED) is 0.786. The highest BCUT2D eigenvalue weighted by Gasteiger charge is 2.31. The molecule has 1 aromatic rings. The molecule has 5 nitrogen and oxygen atoms in total. The molecule has 2 rings (SSSR count). The predicted octanol–water partition coefficient (Wildman–Crippen LogP) is 0.233. The Morgan fingerprint density at radius 3 is 3.06 bits per heavy atom. The van der Waals surface area contributed by atoms with E-state index in [1.165, 1.54) is 0 Å². The van der Waals surface area contributed by atoms with E-state index in [2.05, 4.69) is 10.3 Å². The van der Waals surface area contributed by atoms with Crippen LogP contribution in [0.25, 0.3) is 0 Å². The molecule has 0 aliphatic carbocycles. The van der Waals surface area contributed by atoms with Crippen molar-refractivity contribution in [3.8, 4) is 0 Å². The number of hydrogen-bond donors (Lipinski definition) is 2. The van der Waals surface area contributed by atoms with Crippen molar-refractivity contribution in [2.75, 3.05) is 13.2 Å². The number of ether oxygens (including phenoxy) is 1. The molecule has 0 saturated carbocycles. The van der Waals surface area contributed by atoms with Gasteiger partial charge in [-0.3, -0.25) is 9.78 Å². The Balaban J connectivity index is 1.95. The highest BCUT2D eigenvalue weighted by Crippen LogP contribution is 2.15. The zero-order valence-corrected chi connectivity index (χ0v) is 9.80. The topological polar surface area (TPSA) is 77.2 Å². The van der Waals surface area contributed by atoms with Crippen LogP contribution in [0.1, 0.15) is 18.5 Å². The van der Waals surface area contributed by atoms with Gasteiger partial charge in [0.2, 0.25) is 5.91 Å². The zero-order valence-electron chi connectivity index (χ0n) is 9.80. The summed E-state index contributed by atoms with van der Waals surface area (Å²) >= 11 is 0. The van der Waals surface area contributed by atoms with Crippen LogP contribution in [0.5, 0.6) is 0 Å². The van der Waals surface area contributed by atoms with E-state index in [9.17, 15) is 4.79 Å². The first-order chi connectivity index (χ1) is 8.18. The summed E-state index contributed by atoms with van der Waals surface area (Å²) in [7, 11) is 0. The van der Waals surface area contributed by atoms with Crippen molar-refractivity contribution < 1.29 is 9.53 Å². The summed E-state index contributed by atoms with van der Waals surface area (Å²) in [4.78, 5) is 16.0. The monoisotopic (exact) mass is 235 g/mol. The van der Waals surface area contributed by atoms with Gasteiger partial charge in [0.25, 0.3) is 0 Å². The van der Waals surface area contributed by atoms with Crippen molar-refractivity contribution in [1.29, 1.82) is 0 Å². The number of carbonyl (C=O) groups excluding carboxylic acids is 1. The van der Waals surface area contributed by atoms with E-state index in [0.29, 0.717) is 13.2 Å². The molecular formula is C12H17N3O2. The van der Waals surface area contributed by atoms with Crippen molar-refractivity contribution >= 4 is 5.91 Å². The van der Waals surface area contributed by atoms with Crippen LogP contribution in [0, 0.1) is 5.92 Å². The van der Waals surface area contributed by atoms with Gasteiger partial charge in [-0.2, -0.15) is 0 Å². The van der Waals surface area contributed by atoms with Crippen molar-refractivity contribution in [2.45, 2.75) is 19.0 Å². The van der Waals surface area contributed by atoms with Crippen LogP contribution in [-0.4, -0.2) is 30.1 Å². The van der Waals surface area contributed by atoms with Crippen molar-refractivity contribution in [3.05, 3.63) is 30.1 Å². The maximum atomic E-state index is 11.9.